The minimum Gasteiger partial charge on any atom is -0.440 e. The predicted octanol–water partition coefficient (Wildman–Crippen LogP) is 0.319. The largest absolute Gasteiger partial charge is 0.440 e. The summed E-state index contributed by atoms with van der Waals surface area (Å²) in [4.78, 5) is 11.9. The number of ether oxygens (including phenoxy) is 1. The van der Waals surface area contributed by atoms with Gasteiger partial charge in [-0.1, -0.05) is 0 Å². The fourth-order valence-electron chi connectivity index (χ4n) is 1.87. The van der Waals surface area contributed by atoms with Gasteiger partial charge in [0, 0.05) is 6.07 Å². The van der Waals surface area contributed by atoms with E-state index in [1.54, 1.807) is 18.2 Å². The maximum Gasteiger partial charge on any atom is 0.346 e. The molecule has 1 aromatic heterocycles. The van der Waals surface area contributed by atoms with E-state index in [4.69, 9.17) is 20.1 Å². The van der Waals surface area contributed by atoms with Crippen molar-refractivity contribution in [1.29, 1.82) is 15.8 Å². The van der Waals surface area contributed by atoms with Gasteiger partial charge in [0.2, 0.25) is 11.3 Å². The summed E-state index contributed by atoms with van der Waals surface area (Å²) < 4.78 is 9.98. The number of aryl methyl sites for hydroxylation is 1. The molecule has 0 aliphatic carbocycles. The molecule has 0 fully saturated rings. The molecule has 1 aromatic rings. The molecule has 92 valence electrons. The fraction of sp³-hybridized carbons (Fsp3) is 0.167. The molecule has 0 bridgehead atoms. The zero-order chi connectivity index (χ0) is 14.2. The minimum absolute atomic E-state index is 0.0478. The number of nitrogens with two attached hydrogens (primary N) is 1. The monoisotopic (exact) mass is 254 g/mol. The quantitative estimate of drug-likeness (QED) is 0.703. The van der Waals surface area contributed by atoms with Crippen LogP contribution in [0.15, 0.2) is 26.7 Å². The number of hydrogen-bond acceptors (Lipinski definition) is 7. The van der Waals surface area contributed by atoms with Crippen LogP contribution in [0.2, 0.25) is 0 Å². The summed E-state index contributed by atoms with van der Waals surface area (Å²) in [5.41, 5.74) is 1.78. The number of fused-ring (bicyclic) bond motifs is 1. The Morgan fingerprint density at radius 2 is 1.95 bits per heavy atom. The Bertz CT molecular complexity index is 769. The Hall–Kier alpha value is -3.24. The van der Waals surface area contributed by atoms with E-state index >= 15 is 0 Å². The first-order valence-corrected chi connectivity index (χ1v) is 5.06. The minimum atomic E-state index is -2.11. The topological polar surface area (TPSA) is 137 Å². The third-order valence-corrected chi connectivity index (χ3v) is 2.70. The van der Waals surface area contributed by atoms with Gasteiger partial charge in [0.15, 0.2) is 0 Å². The number of allylic oxidation sites excluding steroid dienone is 1. The van der Waals surface area contributed by atoms with Crippen LogP contribution in [0.5, 0.6) is 5.75 Å². The number of nitriles is 3. The van der Waals surface area contributed by atoms with Gasteiger partial charge in [-0.2, -0.15) is 15.8 Å². The standard InChI is InChI=1S/C12H6N4O3/c1-6-2-8-9(11(17)18-6)12(4-14,5-15)7(3-13)10(16)19-8/h2H,16H2,1H3. The number of rotatable bonds is 0. The lowest BCUT2D eigenvalue weighted by Crippen LogP contribution is -2.37. The van der Waals surface area contributed by atoms with E-state index in [9.17, 15) is 15.3 Å². The molecule has 7 nitrogen and oxygen atoms in total. The van der Waals surface area contributed by atoms with Crippen molar-refractivity contribution in [3.8, 4) is 24.0 Å². The SMILES string of the molecule is Cc1cc2c(c(=O)o1)C(C#N)(C#N)C(C#N)=C(N)O2. The first-order valence-electron chi connectivity index (χ1n) is 5.06. The summed E-state index contributed by atoms with van der Waals surface area (Å²) in [6, 6.07) is 6.27. The molecule has 0 radical (unpaired) electrons. The average molecular weight is 254 g/mol. The Labute approximate surface area is 107 Å². The van der Waals surface area contributed by atoms with Gasteiger partial charge in [0.25, 0.3) is 0 Å². The van der Waals surface area contributed by atoms with Crippen LogP contribution in [0.25, 0.3) is 0 Å². The Balaban J connectivity index is 2.97. The van der Waals surface area contributed by atoms with E-state index in [1.165, 1.54) is 13.0 Å². The van der Waals surface area contributed by atoms with Gasteiger partial charge in [0.1, 0.15) is 28.7 Å². The molecule has 0 unspecified atom stereocenters. The molecule has 0 saturated heterocycles. The molecule has 0 spiro atoms. The van der Waals surface area contributed by atoms with Gasteiger partial charge in [-0.25, -0.2) is 4.79 Å². The maximum atomic E-state index is 11.9. The fourth-order valence-corrected chi connectivity index (χ4v) is 1.87. The van der Waals surface area contributed by atoms with Crippen molar-refractivity contribution in [2.75, 3.05) is 0 Å². The molecular formula is C12H6N4O3. The third kappa shape index (κ3) is 1.45. The summed E-state index contributed by atoms with van der Waals surface area (Å²) in [7, 11) is 0. The lowest BCUT2D eigenvalue weighted by Gasteiger charge is -2.25. The zero-order valence-electron chi connectivity index (χ0n) is 9.72. The van der Waals surface area contributed by atoms with Crippen molar-refractivity contribution in [1.82, 2.24) is 0 Å². The molecule has 2 N–H and O–H groups in total. The van der Waals surface area contributed by atoms with Crippen LogP contribution < -0.4 is 16.1 Å². The van der Waals surface area contributed by atoms with Crippen molar-refractivity contribution in [3.63, 3.8) is 0 Å². The molecule has 0 aromatic carbocycles. The highest BCUT2D eigenvalue weighted by atomic mass is 16.5. The van der Waals surface area contributed by atoms with Crippen LogP contribution in [-0.2, 0) is 5.41 Å². The summed E-state index contributed by atoms with van der Waals surface area (Å²) in [5, 5.41) is 27.5. The molecular weight excluding hydrogens is 248 g/mol. The molecule has 19 heavy (non-hydrogen) atoms. The first-order chi connectivity index (χ1) is 9.00. The Kier molecular flexibility index (Phi) is 2.51. The molecule has 0 atom stereocenters. The second kappa shape index (κ2) is 3.90. The molecule has 1 aliphatic heterocycles. The van der Waals surface area contributed by atoms with Gasteiger partial charge in [-0.3, -0.25) is 0 Å². The zero-order valence-corrected chi connectivity index (χ0v) is 9.72. The van der Waals surface area contributed by atoms with Crippen molar-refractivity contribution in [2.24, 2.45) is 5.73 Å². The smallest absolute Gasteiger partial charge is 0.346 e. The van der Waals surface area contributed by atoms with E-state index in [2.05, 4.69) is 0 Å². The predicted molar refractivity (Wildman–Crippen MR) is 60.1 cm³/mol. The van der Waals surface area contributed by atoms with E-state index < -0.39 is 16.6 Å². The number of hydrogen-bond donors (Lipinski definition) is 1. The van der Waals surface area contributed by atoms with Crippen molar-refractivity contribution in [2.45, 2.75) is 12.3 Å². The molecule has 2 heterocycles. The van der Waals surface area contributed by atoms with Crippen LogP contribution in [0.3, 0.4) is 0 Å². The van der Waals surface area contributed by atoms with Crippen molar-refractivity contribution >= 4 is 0 Å². The average Bonchev–Trinajstić information content (AvgIpc) is 2.36. The Morgan fingerprint density at radius 3 is 2.47 bits per heavy atom. The van der Waals surface area contributed by atoms with Crippen LogP contribution in [0.4, 0.5) is 0 Å². The van der Waals surface area contributed by atoms with Crippen LogP contribution in [-0.4, -0.2) is 0 Å². The second-order valence-corrected chi connectivity index (χ2v) is 3.81. The van der Waals surface area contributed by atoms with Gasteiger partial charge >= 0.3 is 5.63 Å². The second-order valence-electron chi connectivity index (χ2n) is 3.81. The van der Waals surface area contributed by atoms with Crippen molar-refractivity contribution in [3.05, 3.63) is 39.3 Å². The molecule has 0 amide bonds. The summed E-state index contributed by atoms with van der Waals surface area (Å²) in [6.07, 6.45) is 0. The van der Waals surface area contributed by atoms with E-state index in [1.807, 2.05) is 0 Å². The van der Waals surface area contributed by atoms with Crippen molar-refractivity contribution < 1.29 is 9.15 Å². The normalized spacial score (nSPS) is 15.5. The van der Waals surface area contributed by atoms with Gasteiger partial charge in [-0.15, -0.1) is 0 Å². The van der Waals surface area contributed by atoms with Gasteiger partial charge in [-0.05, 0) is 6.92 Å². The lowest BCUT2D eigenvalue weighted by molar-refractivity contribution is 0.363. The lowest BCUT2D eigenvalue weighted by atomic mass is 9.76. The molecule has 0 saturated carbocycles. The third-order valence-electron chi connectivity index (χ3n) is 2.70. The summed E-state index contributed by atoms with van der Waals surface area (Å²) in [6.45, 7) is 1.51. The number of nitrogens with zero attached hydrogens (tertiary/aromatic N) is 3. The van der Waals surface area contributed by atoms with Crippen LogP contribution in [0.1, 0.15) is 11.3 Å². The van der Waals surface area contributed by atoms with E-state index in [0.29, 0.717) is 0 Å². The first kappa shape index (κ1) is 12.2. The van der Waals surface area contributed by atoms with Crippen LogP contribution >= 0.6 is 0 Å². The van der Waals surface area contributed by atoms with E-state index in [0.717, 1.165) is 0 Å². The van der Waals surface area contributed by atoms with Gasteiger partial charge < -0.3 is 14.9 Å². The molecule has 7 heteroatoms. The summed E-state index contributed by atoms with van der Waals surface area (Å²) in [5.74, 6) is -0.182. The maximum absolute atomic E-state index is 11.9. The molecule has 2 rings (SSSR count). The highest BCUT2D eigenvalue weighted by Crippen LogP contribution is 2.40. The summed E-state index contributed by atoms with van der Waals surface area (Å²) >= 11 is 0. The van der Waals surface area contributed by atoms with Crippen LogP contribution in [0, 0.1) is 40.9 Å². The Morgan fingerprint density at radius 1 is 1.32 bits per heavy atom. The molecule has 1 aliphatic rings. The highest BCUT2D eigenvalue weighted by molar-refractivity contribution is 5.62. The van der Waals surface area contributed by atoms with E-state index in [-0.39, 0.29) is 23.0 Å². The highest BCUT2D eigenvalue weighted by Gasteiger charge is 2.48. The van der Waals surface area contributed by atoms with Gasteiger partial charge in [0.05, 0.1) is 12.1 Å².